The van der Waals surface area contributed by atoms with Gasteiger partial charge in [0, 0.05) is 36.4 Å². The van der Waals surface area contributed by atoms with E-state index in [-0.39, 0.29) is 6.23 Å². The van der Waals surface area contributed by atoms with Gasteiger partial charge < -0.3 is 13.3 Å². The predicted octanol–water partition coefficient (Wildman–Crippen LogP) is 3.46. The Labute approximate surface area is 155 Å². The van der Waals surface area contributed by atoms with E-state index in [0.717, 1.165) is 10.8 Å². The molecule has 0 bridgehead atoms. The van der Waals surface area contributed by atoms with E-state index in [4.69, 9.17) is 28.6 Å². The van der Waals surface area contributed by atoms with E-state index >= 15 is 0 Å². The van der Waals surface area contributed by atoms with Gasteiger partial charge in [-0.05, 0) is 32.2 Å². The minimum absolute atomic E-state index is 0.0475. The van der Waals surface area contributed by atoms with Crippen LogP contribution in [0.1, 0.15) is 20.8 Å². The molecule has 0 aliphatic heterocycles. The zero-order valence-electron chi connectivity index (χ0n) is 14.7. The van der Waals surface area contributed by atoms with Crippen LogP contribution >= 0.6 is 0 Å². The van der Waals surface area contributed by atoms with Crippen LogP contribution in [0.3, 0.4) is 0 Å². The molecule has 0 N–H and O–H groups in total. The number of benzene rings is 2. The summed E-state index contributed by atoms with van der Waals surface area (Å²) in [7, 11) is -6.22. The van der Waals surface area contributed by atoms with Crippen LogP contribution in [-0.2, 0) is 37.4 Å². The summed E-state index contributed by atoms with van der Waals surface area (Å²) < 4.78 is 36.0. The lowest BCUT2D eigenvalue weighted by Gasteiger charge is -2.28. The summed E-state index contributed by atoms with van der Waals surface area (Å²) in [4.78, 5) is 0.494. The maximum Gasteiger partial charge on any atom is 0.529 e. The van der Waals surface area contributed by atoms with Gasteiger partial charge in [-0.15, -0.1) is 0 Å². The molecule has 25 heavy (non-hydrogen) atoms. The third-order valence-corrected chi connectivity index (χ3v) is 8.55. The third kappa shape index (κ3) is 5.07. The molecule has 0 spiro atoms. The molecule has 2 aromatic rings. The van der Waals surface area contributed by atoms with Crippen molar-refractivity contribution in [1.82, 2.24) is 0 Å². The molecule has 0 aromatic heterocycles. The summed E-state index contributed by atoms with van der Waals surface area (Å²) in [5, 5.41) is 1.78. The predicted molar refractivity (Wildman–Crippen MR) is 104 cm³/mol. The monoisotopic (exact) mass is 400 g/mol. The molecule has 2 rings (SSSR count). The Hall–Kier alpha value is -0.873. The normalized spacial score (nSPS) is 14.5. The maximum absolute atomic E-state index is 13.1. The summed E-state index contributed by atoms with van der Waals surface area (Å²) in [6, 6.07) is 13.2. The fraction of sp³-hybridized carbons (Fsp3) is 0.412. The first kappa shape index (κ1) is 20.4. The molecule has 2 aromatic carbocycles. The molecule has 0 aliphatic carbocycles. The standard InChI is InChI=1S/C17H24O5S2Si/c1-4-20-25(21-5-2,22-6-3)14-19-24(18,23)17-13-9-11-15-10-7-8-12-16(15)17/h7-13H,4-6,14H2,1-3H3. The second kappa shape index (κ2) is 9.18. The highest BCUT2D eigenvalue weighted by molar-refractivity contribution is 8.30. The second-order valence-corrected chi connectivity index (χ2v) is 10.6. The molecule has 8 heteroatoms. The molecule has 0 aliphatic rings. The lowest BCUT2D eigenvalue weighted by atomic mass is 10.1. The van der Waals surface area contributed by atoms with Crippen molar-refractivity contribution in [2.24, 2.45) is 0 Å². The molecular weight excluding hydrogens is 376 g/mol. The van der Waals surface area contributed by atoms with Crippen LogP contribution in [0, 0.1) is 0 Å². The van der Waals surface area contributed by atoms with Crippen molar-refractivity contribution < 1.29 is 21.7 Å². The van der Waals surface area contributed by atoms with E-state index < -0.39 is 17.6 Å². The SMILES string of the molecule is CCO[Si](COS(=O)(=S)c1cccc2ccccc12)(OCC)OCC. The number of hydrogen-bond donors (Lipinski definition) is 0. The largest absolute Gasteiger partial charge is 0.529 e. The first-order valence-corrected chi connectivity index (χ1v) is 12.6. The number of hydrogen-bond acceptors (Lipinski definition) is 6. The fourth-order valence-electron chi connectivity index (χ4n) is 2.54. The molecule has 0 saturated heterocycles. The van der Waals surface area contributed by atoms with Gasteiger partial charge in [0.05, 0.1) is 4.90 Å². The quantitative estimate of drug-likeness (QED) is 0.569. The highest BCUT2D eigenvalue weighted by atomic mass is 32.8. The van der Waals surface area contributed by atoms with E-state index in [0.29, 0.717) is 24.7 Å². The third-order valence-electron chi connectivity index (χ3n) is 3.50. The molecule has 0 saturated carbocycles. The van der Waals surface area contributed by atoms with Gasteiger partial charge in [-0.2, -0.15) is 0 Å². The average molecular weight is 401 g/mol. The zero-order valence-corrected chi connectivity index (χ0v) is 17.4. The van der Waals surface area contributed by atoms with Crippen molar-refractivity contribution in [3.8, 4) is 0 Å². The van der Waals surface area contributed by atoms with Crippen molar-refractivity contribution >= 4 is 39.5 Å². The topological polar surface area (TPSA) is 54.0 Å². The molecule has 5 nitrogen and oxygen atoms in total. The van der Waals surface area contributed by atoms with Crippen molar-refractivity contribution in [3.63, 3.8) is 0 Å². The van der Waals surface area contributed by atoms with E-state index in [1.54, 1.807) is 6.07 Å². The smallest absolute Gasteiger partial charge is 0.372 e. The van der Waals surface area contributed by atoms with Crippen molar-refractivity contribution in [3.05, 3.63) is 42.5 Å². The second-order valence-electron chi connectivity index (χ2n) is 5.18. The van der Waals surface area contributed by atoms with Crippen molar-refractivity contribution in [2.75, 3.05) is 26.1 Å². The van der Waals surface area contributed by atoms with E-state index in [9.17, 15) is 4.21 Å². The lowest BCUT2D eigenvalue weighted by Crippen LogP contribution is -2.51. The van der Waals surface area contributed by atoms with Gasteiger partial charge in [-0.1, -0.05) is 36.4 Å². The molecule has 0 heterocycles. The maximum atomic E-state index is 13.1. The first-order valence-electron chi connectivity index (χ1n) is 8.27. The highest BCUT2D eigenvalue weighted by Gasteiger charge is 2.42. The van der Waals surface area contributed by atoms with E-state index in [1.807, 2.05) is 57.2 Å². The highest BCUT2D eigenvalue weighted by Crippen LogP contribution is 2.25. The Morgan fingerprint density at radius 1 is 0.920 bits per heavy atom. The van der Waals surface area contributed by atoms with Gasteiger partial charge in [-0.25, -0.2) is 4.21 Å². The molecule has 0 radical (unpaired) electrons. The van der Waals surface area contributed by atoms with Gasteiger partial charge in [-0.3, -0.25) is 4.18 Å². The van der Waals surface area contributed by atoms with Crippen LogP contribution in [0.25, 0.3) is 10.8 Å². The van der Waals surface area contributed by atoms with Crippen LogP contribution in [-0.4, -0.2) is 39.1 Å². The van der Waals surface area contributed by atoms with Crippen molar-refractivity contribution in [1.29, 1.82) is 0 Å². The molecule has 1 unspecified atom stereocenters. The summed E-state index contributed by atoms with van der Waals surface area (Å²) in [5.41, 5.74) is 0. The lowest BCUT2D eigenvalue weighted by molar-refractivity contribution is 0.0558. The Bertz CT molecular complexity index is 772. The van der Waals surface area contributed by atoms with Crippen LogP contribution in [0.15, 0.2) is 47.4 Å². The Balaban J connectivity index is 2.30. The summed E-state index contributed by atoms with van der Waals surface area (Å²) in [6.07, 6.45) is -0.0475. The van der Waals surface area contributed by atoms with Gasteiger partial charge in [0.15, 0.2) is 8.77 Å². The van der Waals surface area contributed by atoms with Crippen LogP contribution in [0.2, 0.25) is 0 Å². The van der Waals surface area contributed by atoms with Crippen LogP contribution in [0.5, 0.6) is 0 Å². The molecule has 0 amide bonds. The van der Waals surface area contributed by atoms with E-state index in [1.165, 1.54) is 0 Å². The zero-order chi connectivity index (χ0) is 18.3. The van der Waals surface area contributed by atoms with Crippen molar-refractivity contribution in [2.45, 2.75) is 25.7 Å². The van der Waals surface area contributed by atoms with Gasteiger partial charge in [0.2, 0.25) is 0 Å². The summed E-state index contributed by atoms with van der Waals surface area (Å²) in [6.45, 7) is 6.83. The minimum Gasteiger partial charge on any atom is -0.372 e. The Morgan fingerprint density at radius 3 is 2.08 bits per heavy atom. The van der Waals surface area contributed by atoms with E-state index in [2.05, 4.69) is 0 Å². The summed E-state index contributed by atoms with van der Waals surface area (Å²) in [5.74, 6) is 0. The molecule has 138 valence electrons. The molecule has 1 atom stereocenters. The average Bonchev–Trinajstić information content (AvgIpc) is 2.60. The fourth-order valence-corrected chi connectivity index (χ4v) is 7.25. The van der Waals surface area contributed by atoms with Gasteiger partial charge in [0.25, 0.3) is 0 Å². The van der Waals surface area contributed by atoms with Crippen LogP contribution < -0.4 is 0 Å². The number of fused-ring (bicyclic) bond motifs is 1. The number of rotatable bonds is 10. The first-order chi connectivity index (χ1) is 12.0. The molecule has 0 fully saturated rings. The minimum atomic E-state index is -3.15. The van der Waals surface area contributed by atoms with Gasteiger partial charge >= 0.3 is 8.80 Å². The Morgan fingerprint density at radius 2 is 1.48 bits per heavy atom. The summed E-state index contributed by atoms with van der Waals surface area (Å²) >= 11 is 5.32. The molecular formula is C17H24O5S2Si. The van der Waals surface area contributed by atoms with Crippen LogP contribution in [0.4, 0.5) is 0 Å². The van der Waals surface area contributed by atoms with Gasteiger partial charge in [0.1, 0.15) is 6.23 Å². The Kier molecular flexibility index (Phi) is 7.50.